The fourth-order valence-corrected chi connectivity index (χ4v) is 1.16. The van der Waals surface area contributed by atoms with Crippen molar-refractivity contribution in [1.29, 1.82) is 0 Å². The number of carbonyl (C=O) groups is 1. The Morgan fingerprint density at radius 1 is 1.64 bits per heavy atom. The molecule has 0 aliphatic heterocycles. The second kappa shape index (κ2) is 5.55. The molecule has 0 fully saturated rings. The van der Waals surface area contributed by atoms with Crippen molar-refractivity contribution in [1.82, 2.24) is 0 Å². The van der Waals surface area contributed by atoms with Gasteiger partial charge in [-0.3, -0.25) is 0 Å². The maximum absolute atomic E-state index is 9.90. The van der Waals surface area contributed by atoms with Crippen molar-refractivity contribution in [3.8, 4) is 0 Å². The van der Waals surface area contributed by atoms with E-state index in [0.29, 0.717) is 0 Å². The Hall–Kier alpha value is -0.0900. The summed E-state index contributed by atoms with van der Waals surface area (Å²) in [4.78, 5) is 9.90. The third kappa shape index (κ3) is 4.37. The summed E-state index contributed by atoms with van der Waals surface area (Å²) in [5.41, 5.74) is 0.897. The third-order valence-corrected chi connectivity index (χ3v) is 1.66. The number of aliphatic carboxylic acids is 1. The van der Waals surface area contributed by atoms with Crippen molar-refractivity contribution in [2.75, 3.05) is 0 Å². The van der Waals surface area contributed by atoms with Gasteiger partial charge in [-0.25, -0.2) is 0 Å². The van der Waals surface area contributed by atoms with Crippen molar-refractivity contribution in [2.45, 2.75) is 0 Å². The van der Waals surface area contributed by atoms with Gasteiger partial charge in [-0.15, -0.1) is 0 Å². The molecule has 0 unspecified atom stereocenters. The number of carboxylic acids is 1. The largest absolute Gasteiger partial charge is 1.00 e. The van der Waals surface area contributed by atoms with Crippen LogP contribution >= 0.6 is 11.3 Å². The molecule has 0 saturated heterocycles. The van der Waals surface area contributed by atoms with Gasteiger partial charge in [0.05, 0.1) is 5.97 Å². The Morgan fingerprint density at radius 2 is 2.36 bits per heavy atom. The maximum atomic E-state index is 9.90. The molecular formula is C7H5NaO2S. The van der Waals surface area contributed by atoms with Gasteiger partial charge in [-0.05, 0) is 28.5 Å². The first kappa shape index (κ1) is 10.9. The molecule has 1 aromatic heterocycles. The average molecular weight is 176 g/mol. The number of rotatable bonds is 2. The van der Waals surface area contributed by atoms with Gasteiger partial charge in [0.15, 0.2) is 0 Å². The fourth-order valence-electron chi connectivity index (χ4n) is 0.534. The summed E-state index contributed by atoms with van der Waals surface area (Å²) in [6.07, 6.45) is 2.52. The molecular weight excluding hydrogens is 171 g/mol. The van der Waals surface area contributed by atoms with Crippen LogP contribution in [-0.4, -0.2) is 5.97 Å². The van der Waals surface area contributed by atoms with E-state index in [1.165, 1.54) is 17.4 Å². The third-order valence-electron chi connectivity index (χ3n) is 0.955. The molecule has 0 N–H and O–H groups in total. The van der Waals surface area contributed by atoms with Crippen LogP contribution in [0.5, 0.6) is 0 Å². The van der Waals surface area contributed by atoms with Gasteiger partial charge in [-0.1, -0.05) is 6.08 Å². The van der Waals surface area contributed by atoms with E-state index in [2.05, 4.69) is 0 Å². The van der Waals surface area contributed by atoms with Crippen LogP contribution in [0.3, 0.4) is 0 Å². The van der Waals surface area contributed by atoms with Gasteiger partial charge < -0.3 is 9.90 Å². The van der Waals surface area contributed by atoms with Gasteiger partial charge in [0.1, 0.15) is 0 Å². The first-order valence-corrected chi connectivity index (χ1v) is 3.64. The van der Waals surface area contributed by atoms with Crippen LogP contribution in [0.15, 0.2) is 22.9 Å². The molecule has 0 spiro atoms. The molecule has 4 heteroatoms. The van der Waals surface area contributed by atoms with Crippen LogP contribution in [0.4, 0.5) is 0 Å². The van der Waals surface area contributed by atoms with E-state index in [9.17, 15) is 9.90 Å². The van der Waals surface area contributed by atoms with Crippen LogP contribution in [-0.2, 0) is 4.79 Å². The fraction of sp³-hybridized carbons (Fsp3) is 0. The van der Waals surface area contributed by atoms with E-state index in [1.54, 1.807) is 0 Å². The van der Waals surface area contributed by atoms with Gasteiger partial charge in [0.25, 0.3) is 0 Å². The minimum Gasteiger partial charge on any atom is -0.545 e. The summed E-state index contributed by atoms with van der Waals surface area (Å²) < 4.78 is 0. The topological polar surface area (TPSA) is 40.1 Å². The quantitative estimate of drug-likeness (QED) is 0.369. The maximum Gasteiger partial charge on any atom is 1.00 e. The molecule has 1 aromatic rings. The molecule has 0 aliphatic rings. The van der Waals surface area contributed by atoms with E-state index in [1.807, 2.05) is 16.8 Å². The predicted molar refractivity (Wildman–Crippen MR) is 38.4 cm³/mol. The van der Waals surface area contributed by atoms with Gasteiger partial charge in [0, 0.05) is 0 Å². The number of hydrogen-bond acceptors (Lipinski definition) is 3. The van der Waals surface area contributed by atoms with Crippen molar-refractivity contribution in [3.63, 3.8) is 0 Å². The Kier molecular flexibility index (Phi) is 5.50. The van der Waals surface area contributed by atoms with Crippen LogP contribution in [0.25, 0.3) is 6.08 Å². The van der Waals surface area contributed by atoms with E-state index in [4.69, 9.17) is 0 Å². The summed E-state index contributed by atoms with van der Waals surface area (Å²) in [6.45, 7) is 0. The summed E-state index contributed by atoms with van der Waals surface area (Å²) in [5, 5.41) is 13.6. The molecule has 0 aliphatic carbocycles. The smallest absolute Gasteiger partial charge is 0.545 e. The normalized spacial score (nSPS) is 9.45. The number of hydrogen-bond donors (Lipinski definition) is 0. The molecule has 0 atom stereocenters. The SMILES string of the molecule is O=C([O-])C=Cc1ccsc1.[Na+]. The molecule has 0 radical (unpaired) electrons. The number of carboxylic acid groups (broad SMARTS) is 1. The second-order valence-electron chi connectivity index (χ2n) is 1.71. The average Bonchev–Trinajstić information content (AvgIpc) is 2.34. The standard InChI is InChI=1S/C7H6O2S.Na/c8-7(9)2-1-6-3-4-10-5-6;/h1-5H,(H,8,9);/q;+1/p-1. The van der Waals surface area contributed by atoms with Crippen LogP contribution in [0.2, 0.25) is 0 Å². The molecule has 11 heavy (non-hydrogen) atoms. The molecule has 0 saturated carbocycles. The number of carbonyl (C=O) groups excluding carboxylic acids is 1. The van der Waals surface area contributed by atoms with E-state index < -0.39 is 5.97 Å². The van der Waals surface area contributed by atoms with Crippen LogP contribution in [0.1, 0.15) is 5.56 Å². The van der Waals surface area contributed by atoms with E-state index in [0.717, 1.165) is 11.6 Å². The summed E-state index contributed by atoms with van der Waals surface area (Å²) in [7, 11) is 0. The van der Waals surface area contributed by atoms with Gasteiger partial charge in [-0.2, -0.15) is 11.3 Å². The Balaban J connectivity index is 0.000001000. The molecule has 0 bridgehead atoms. The molecule has 0 amide bonds. The Labute approximate surface area is 90.8 Å². The van der Waals surface area contributed by atoms with Gasteiger partial charge >= 0.3 is 29.6 Å². The van der Waals surface area contributed by atoms with Gasteiger partial charge in [0.2, 0.25) is 0 Å². The summed E-state index contributed by atoms with van der Waals surface area (Å²) in [6, 6.07) is 1.84. The zero-order valence-corrected chi connectivity index (χ0v) is 8.93. The molecule has 0 aromatic carbocycles. The van der Waals surface area contributed by atoms with Crippen molar-refractivity contribution in [3.05, 3.63) is 28.5 Å². The molecule has 52 valence electrons. The Morgan fingerprint density at radius 3 is 2.82 bits per heavy atom. The monoisotopic (exact) mass is 176 g/mol. The second-order valence-corrected chi connectivity index (χ2v) is 2.49. The van der Waals surface area contributed by atoms with E-state index in [-0.39, 0.29) is 29.6 Å². The number of thiophene rings is 1. The molecule has 1 rings (SSSR count). The van der Waals surface area contributed by atoms with Crippen molar-refractivity contribution >= 4 is 23.4 Å². The summed E-state index contributed by atoms with van der Waals surface area (Å²) >= 11 is 1.53. The molecule has 1 heterocycles. The zero-order chi connectivity index (χ0) is 7.40. The predicted octanol–water partition coefficient (Wildman–Crippen LogP) is -2.48. The van der Waals surface area contributed by atoms with Crippen LogP contribution < -0.4 is 34.7 Å². The minimum atomic E-state index is -1.16. The zero-order valence-electron chi connectivity index (χ0n) is 6.11. The summed E-state index contributed by atoms with van der Waals surface area (Å²) in [5.74, 6) is -1.16. The van der Waals surface area contributed by atoms with Crippen LogP contribution in [0, 0.1) is 0 Å². The van der Waals surface area contributed by atoms with Crippen molar-refractivity contribution < 1.29 is 39.5 Å². The first-order valence-electron chi connectivity index (χ1n) is 2.70. The first-order chi connectivity index (χ1) is 4.79. The van der Waals surface area contributed by atoms with Crippen molar-refractivity contribution in [2.24, 2.45) is 0 Å². The molecule has 2 nitrogen and oxygen atoms in total. The van der Waals surface area contributed by atoms with E-state index >= 15 is 0 Å². The Bertz CT molecular complexity index is 241. The minimum absolute atomic E-state index is 0.